The van der Waals surface area contributed by atoms with Crippen LogP contribution in [0.15, 0.2) is 57.8 Å². The average molecular weight is 357 g/mol. The zero-order valence-electron chi connectivity index (χ0n) is 12.8. The van der Waals surface area contributed by atoms with Crippen LogP contribution < -0.4 is 4.74 Å². The molecule has 0 saturated carbocycles. The Morgan fingerprint density at radius 1 is 1.08 bits per heavy atom. The molecule has 2 rings (SSSR count). The lowest BCUT2D eigenvalue weighted by Gasteiger charge is -2.10. The van der Waals surface area contributed by atoms with Crippen LogP contribution in [0.3, 0.4) is 0 Å². The van der Waals surface area contributed by atoms with Gasteiger partial charge in [0, 0.05) is 16.7 Å². The molecule has 8 heteroatoms. The van der Waals surface area contributed by atoms with Crippen molar-refractivity contribution in [1.29, 1.82) is 0 Å². The fraction of sp³-hybridized carbons (Fsp3) is 0.188. The van der Waals surface area contributed by atoms with Crippen molar-refractivity contribution >= 4 is 15.6 Å². The molecule has 0 aliphatic carbocycles. The van der Waals surface area contributed by atoms with Gasteiger partial charge in [-0.2, -0.15) is 13.2 Å². The van der Waals surface area contributed by atoms with Crippen molar-refractivity contribution in [3.8, 4) is 16.9 Å². The van der Waals surface area contributed by atoms with E-state index in [0.717, 1.165) is 17.4 Å². The predicted octanol–water partition coefficient (Wildman–Crippen LogP) is 3.91. The summed E-state index contributed by atoms with van der Waals surface area (Å²) in [5.41, 5.74) is 1.51. The zero-order valence-corrected chi connectivity index (χ0v) is 13.6. The van der Waals surface area contributed by atoms with E-state index in [9.17, 15) is 22.2 Å². The Morgan fingerprint density at radius 2 is 1.67 bits per heavy atom. The SMILES string of the molecule is COc1ccccc1-c1ccc(S(C)(=O)=NC(=O)C(F)(F)F)cc1. The summed E-state index contributed by atoms with van der Waals surface area (Å²) in [5.74, 6) is -1.73. The lowest BCUT2D eigenvalue weighted by molar-refractivity contribution is -0.169. The van der Waals surface area contributed by atoms with Crippen LogP contribution in [0.2, 0.25) is 0 Å². The minimum atomic E-state index is -5.14. The molecule has 0 spiro atoms. The molecule has 0 aliphatic heterocycles. The third kappa shape index (κ3) is 3.94. The number of ether oxygens (including phenoxy) is 1. The van der Waals surface area contributed by atoms with Crippen molar-refractivity contribution in [1.82, 2.24) is 0 Å². The smallest absolute Gasteiger partial charge is 0.474 e. The van der Waals surface area contributed by atoms with Gasteiger partial charge in [-0.3, -0.25) is 4.79 Å². The van der Waals surface area contributed by atoms with Crippen LogP contribution in [0.25, 0.3) is 11.1 Å². The molecular weight excluding hydrogens is 343 g/mol. The molecule has 1 unspecified atom stereocenters. The van der Waals surface area contributed by atoms with Crippen LogP contribution in [0, 0.1) is 0 Å². The number of alkyl halides is 3. The molecule has 0 aliphatic rings. The Bertz CT molecular complexity index is 867. The van der Waals surface area contributed by atoms with E-state index in [2.05, 4.69) is 4.36 Å². The molecular formula is C16H14F3NO3S. The molecule has 24 heavy (non-hydrogen) atoms. The number of nitrogens with zero attached hydrogens (tertiary/aromatic N) is 1. The maximum Gasteiger partial charge on any atom is 0.474 e. The first-order chi connectivity index (χ1) is 11.1. The zero-order chi connectivity index (χ0) is 18.0. The lowest BCUT2D eigenvalue weighted by atomic mass is 10.1. The van der Waals surface area contributed by atoms with Crippen LogP contribution in [0.4, 0.5) is 13.2 Å². The summed E-state index contributed by atoms with van der Waals surface area (Å²) in [6, 6.07) is 13.1. The number of benzene rings is 2. The highest BCUT2D eigenvalue weighted by atomic mass is 32.2. The third-order valence-electron chi connectivity index (χ3n) is 3.21. The molecule has 0 N–H and O–H groups in total. The Morgan fingerprint density at radius 3 is 2.21 bits per heavy atom. The van der Waals surface area contributed by atoms with E-state index < -0.39 is 21.8 Å². The van der Waals surface area contributed by atoms with E-state index >= 15 is 0 Å². The average Bonchev–Trinajstić information content (AvgIpc) is 2.53. The second-order valence-corrected chi connectivity index (χ2v) is 7.18. The molecule has 128 valence electrons. The molecule has 0 fully saturated rings. The predicted molar refractivity (Wildman–Crippen MR) is 84.3 cm³/mol. The van der Waals surface area contributed by atoms with Gasteiger partial charge in [0.05, 0.1) is 16.8 Å². The van der Waals surface area contributed by atoms with E-state index in [4.69, 9.17) is 4.74 Å². The van der Waals surface area contributed by atoms with E-state index in [1.165, 1.54) is 19.2 Å². The lowest BCUT2D eigenvalue weighted by Crippen LogP contribution is -2.21. The summed E-state index contributed by atoms with van der Waals surface area (Å²) >= 11 is 0. The molecule has 2 aromatic rings. The van der Waals surface area contributed by atoms with Gasteiger partial charge in [-0.1, -0.05) is 30.3 Å². The fourth-order valence-corrected chi connectivity index (χ4v) is 3.20. The van der Waals surface area contributed by atoms with Gasteiger partial charge in [0.25, 0.3) is 0 Å². The molecule has 0 bridgehead atoms. The van der Waals surface area contributed by atoms with Crippen LogP contribution in [0.5, 0.6) is 5.75 Å². The number of para-hydroxylation sites is 1. The number of hydrogen-bond acceptors (Lipinski definition) is 3. The van der Waals surface area contributed by atoms with Crippen molar-refractivity contribution in [3.63, 3.8) is 0 Å². The largest absolute Gasteiger partial charge is 0.496 e. The molecule has 1 atom stereocenters. The Kier molecular flexibility index (Phi) is 4.98. The summed E-state index contributed by atoms with van der Waals surface area (Å²) in [7, 11) is -1.96. The van der Waals surface area contributed by atoms with Crippen molar-refractivity contribution < 1.29 is 26.9 Å². The number of hydrogen-bond donors (Lipinski definition) is 0. The summed E-state index contributed by atoms with van der Waals surface area (Å²) < 4.78 is 57.2. The van der Waals surface area contributed by atoms with Crippen molar-refractivity contribution in [2.24, 2.45) is 4.36 Å². The van der Waals surface area contributed by atoms with Gasteiger partial charge in [0.15, 0.2) is 0 Å². The first-order valence-electron chi connectivity index (χ1n) is 6.72. The van der Waals surface area contributed by atoms with Crippen molar-refractivity contribution in [2.75, 3.05) is 13.4 Å². The topological polar surface area (TPSA) is 55.7 Å². The normalized spacial score (nSPS) is 13.9. The molecule has 0 radical (unpaired) electrons. The van der Waals surface area contributed by atoms with E-state index in [1.54, 1.807) is 24.3 Å². The van der Waals surface area contributed by atoms with E-state index in [0.29, 0.717) is 5.75 Å². The number of carbonyl (C=O) groups excluding carboxylic acids is 1. The Labute approximate surface area is 137 Å². The highest BCUT2D eigenvalue weighted by molar-refractivity contribution is 7.93. The number of carbonyl (C=O) groups is 1. The Hall–Kier alpha value is -2.35. The number of halogens is 3. The minimum Gasteiger partial charge on any atom is -0.496 e. The van der Waals surface area contributed by atoms with Gasteiger partial charge in [-0.05, 0) is 23.8 Å². The van der Waals surface area contributed by atoms with E-state index in [1.807, 2.05) is 12.1 Å². The Balaban J connectivity index is 2.41. The third-order valence-corrected chi connectivity index (χ3v) is 4.87. The maximum atomic E-state index is 12.3. The molecule has 0 aromatic heterocycles. The van der Waals surface area contributed by atoms with Gasteiger partial charge in [0.1, 0.15) is 5.75 Å². The van der Waals surface area contributed by atoms with Crippen LogP contribution in [0.1, 0.15) is 0 Å². The molecule has 4 nitrogen and oxygen atoms in total. The highest BCUT2D eigenvalue weighted by Gasteiger charge is 2.39. The summed E-state index contributed by atoms with van der Waals surface area (Å²) in [5, 5.41) is 0. The standard InChI is InChI=1S/C16H14F3NO3S/c1-23-14-6-4-3-5-13(14)11-7-9-12(10-8-11)24(2,22)20-15(21)16(17,18)19/h3-10H,1-2H3. The van der Waals surface area contributed by atoms with Gasteiger partial charge in [-0.25, -0.2) is 4.21 Å². The molecule has 0 saturated heterocycles. The molecule has 1 amide bonds. The van der Waals surface area contributed by atoms with Crippen molar-refractivity contribution in [3.05, 3.63) is 48.5 Å². The first-order valence-corrected chi connectivity index (χ1v) is 8.64. The van der Waals surface area contributed by atoms with Crippen molar-refractivity contribution in [2.45, 2.75) is 11.1 Å². The van der Waals surface area contributed by atoms with Gasteiger partial charge >= 0.3 is 12.1 Å². The molecule has 0 heterocycles. The number of amides is 1. The highest BCUT2D eigenvalue weighted by Crippen LogP contribution is 2.30. The van der Waals surface area contributed by atoms with Gasteiger partial charge in [0.2, 0.25) is 0 Å². The fourth-order valence-electron chi connectivity index (χ4n) is 2.03. The summed E-state index contributed by atoms with van der Waals surface area (Å²) in [6.45, 7) is 0. The minimum absolute atomic E-state index is 0.0405. The summed E-state index contributed by atoms with van der Waals surface area (Å²) in [4.78, 5) is 11.0. The van der Waals surface area contributed by atoms with E-state index in [-0.39, 0.29) is 4.90 Å². The first kappa shape index (κ1) is 18.0. The van der Waals surface area contributed by atoms with Gasteiger partial charge in [-0.15, -0.1) is 4.36 Å². The van der Waals surface area contributed by atoms with Crippen LogP contribution >= 0.6 is 0 Å². The monoisotopic (exact) mass is 357 g/mol. The van der Waals surface area contributed by atoms with Gasteiger partial charge < -0.3 is 4.74 Å². The van der Waals surface area contributed by atoms with Crippen LogP contribution in [-0.2, 0) is 14.5 Å². The molecule has 2 aromatic carbocycles. The maximum absolute atomic E-state index is 12.3. The number of rotatable bonds is 3. The van der Waals surface area contributed by atoms with Crippen LogP contribution in [-0.4, -0.2) is 29.7 Å². The number of methoxy groups -OCH3 is 1. The summed E-state index contributed by atoms with van der Waals surface area (Å²) in [6.07, 6.45) is -4.15. The second kappa shape index (κ2) is 6.64. The second-order valence-electron chi connectivity index (χ2n) is 4.92. The quantitative estimate of drug-likeness (QED) is 0.837.